The molecule has 0 radical (unpaired) electrons. The fourth-order valence-electron chi connectivity index (χ4n) is 2.21. The lowest BCUT2D eigenvalue weighted by Gasteiger charge is -2.38. The van der Waals surface area contributed by atoms with Gasteiger partial charge in [0.2, 0.25) is 0 Å². The van der Waals surface area contributed by atoms with Gasteiger partial charge in [-0.05, 0) is 19.3 Å². The number of carbonyl (C=O) groups is 2. The van der Waals surface area contributed by atoms with Crippen LogP contribution in [0.25, 0.3) is 0 Å². The van der Waals surface area contributed by atoms with Crippen LogP contribution in [0, 0.1) is 17.8 Å². The van der Waals surface area contributed by atoms with Crippen molar-refractivity contribution < 1.29 is 14.7 Å². The van der Waals surface area contributed by atoms with Crippen LogP contribution < -0.4 is 5.32 Å². The molecule has 2 N–H and O–H groups in total. The van der Waals surface area contributed by atoms with E-state index in [9.17, 15) is 14.7 Å². The highest BCUT2D eigenvalue weighted by Crippen LogP contribution is 2.35. The number of hydrogen-bond donors (Lipinski definition) is 2. The van der Waals surface area contributed by atoms with Gasteiger partial charge in [0.1, 0.15) is 0 Å². The fraction of sp³-hybridized carbons (Fsp3) is 0.692. The molecule has 1 fully saturated rings. The molecular formula is C13H20N2O3. The van der Waals surface area contributed by atoms with Crippen LogP contribution in [0.4, 0.5) is 4.79 Å². The van der Waals surface area contributed by atoms with Gasteiger partial charge in [0.25, 0.3) is 0 Å². The van der Waals surface area contributed by atoms with Crippen LogP contribution in [-0.2, 0) is 4.79 Å². The summed E-state index contributed by atoms with van der Waals surface area (Å²) in [5, 5.41) is 12.0. The number of carbonyl (C=O) groups excluding carboxylic acids is 1. The average molecular weight is 252 g/mol. The topological polar surface area (TPSA) is 69.6 Å². The number of urea groups is 1. The van der Waals surface area contributed by atoms with E-state index in [1.165, 1.54) is 0 Å². The highest BCUT2D eigenvalue weighted by atomic mass is 16.4. The number of rotatable bonds is 4. The first-order chi connectivity index (χ1) is 8.55. The lowest BCUT2D eigenvalue weighted by atomic mass is 9.76. The number of hydrogen-bond acceptors (Lipinski definition) is 2. The SMILES string of the molecule is C#CCCNC(=O)N1CCC(CC)(C(=O)O)CC1. The monoisotopic (exact) mass is 252 g/mol. The third-order valence-electron chi connectivity index (χ3n) is 3.68. The van der Waals surface area contributed by atoms with Gasteiger partial charge in [-0.15, -0.1) is 12.3 Å². The molecule has 1 saturated heterocycles. The molecule has 0 saturated carbocycles. The van der Waals surface area contributed by atoms with E-state index < -0.39 is 11.4 Å². The Morgan fingerprint density at radius 2 is 2.06 bits per heavy atom. The molecule has 0 spiro atoms. The molecular weight excluding hydrogens is 232 g/mol. The summed E-state index contributed by atoms with van der Waals surface area (Å²) in [5.41, 5.74) is -0.657. The highest BCUT2D eigenvalue weighted by molar-refractivity contribution is 5.77. The van der Waals surface area contributed by atoms with Crippen molar-refractivity contribution >= 4 is 12.0 Å². The van der Waals surface area contributed by atoms with Crippen molar-refractivity contribution in [2.24, 2.45) is 5.41 Å². The minimum atomic E-state index is -0.752. The summed E-state index contributed by atoms with van der Waals surface area (Å²) in [6.45, 7) is 3.32. The van der Waals surface area contributed by atoms with Gasteiger partial charge in [-0.2, -0.15) is 0 Å². The minimum absolute atomic E-state index is 0.152. The normalized spacial score (nSPS) is 17.9. The van der Waals surface area contributed by atoms with E-state index in [2.05, 4.69) is 11.2 Å². The number of nitrogens with zero attached hydrogens (tertiary/aromatic N) is 1. The number of aliphatic carboxylic acids is 1. The molecule has 0 aliphatic carbocycles. The van der Waals surface area contributed by atoms with Crippen LogP contribution in [0.1, 0.15) is 32.6 Å². The Balaban J connectivity index is 2.46. The Labute approximate surface area is 108 Å². The fourth-order valence-corrected chi connectivity index (χ4v) is 2.21. The maximum atomic E-state index is 11.7. The summed E-state index contributed by atoms with van der Waals surface area (Å²) in [6, 6.07) is -0.152. The second-order valence-electron chi connectivity index (χ2n) is 4.61. The molecule has 5 nitrogen and oxygen atoms in total. The number of nitrogens with one attached hydrogen (secondary N) is 1. The molecule has 100 valence electrons. The molecule has 1 heterocycles. The molecule has 0 bridgehead atoms. The Morgan fingerprint density at radius 1 is 1.44 bits per heavy atom. The van der Waals surface area contributed by atoms with Gasteiger partial charge in [-0.25, -0.2) is 4.79 Å². The van der Waals surface area contributed by atoms with Gasteiger partial charge in [0.05, 0.1) is 5.41 Å². The molecule has 5 heteroatoms. The molecule has 2 amide bonds. The average Bonchev–Trinajstić information content (AvgIpc) is 2.38. The largest absolute Gasteiger partial charge is 0.481 e. The molecule has 0 aromatic carbocycles. The number of terminal acetylenes is 1. The van der Waals surface area contributed by atoms with Crippen molar-refractivity contribution in [3.8, 4) is 12.3 Å². The molecule has 0 atom stereocenters. The molecule has 0 aromatic heterocycles. The lowest BCUT2D eigenvalue weighted by Crippen LogP contribution is -2.49. The second-order valence-corrected chi connectivity index (χ2v) is 4.61. The third kappa shape index (κ3) is 3.16. The zero-order valence-corrected chi connectivity index (χ0v) is 10.7. The highest BCUT2D eigenvalue weighted by Gasteiger charge is 2.40. The van der Waals surface area contributed by atoms with Crippen LogP contribution in [-0.4, -0.2) is 41.6 Å². The van der Waals surface area contributed by atoms with Crippen molar-refractivity contribution in [1.29, 1.82) is 0 Å². The zero-order valence-electron chi connectivity index (χ0n) is 10.7. The number of piperidine rings is 1. The Kier molecular flexibility index (Phi) is 5.02. The zero-order chi connectivity index (χ0) is 13.6. The summed E-state index contributed by atoms with van der Waals surface area (Å²) in [6.07, 6.45) is 7.24. The van der Waals surface area contributed by atoms with Gasteiger partial charge in [0, 0.05) is 26.1 Å². The predicted molar refractivity (Wildman–Crippen MR) is 68.0 cm³/mol. The van der Waals surface area contributed by atoms with Crippen molar-refractivity contribution in [1.82, 2.24) is 10.2 Å². The van der Waals surface area contributed by atoms with E-state index in [0.717, 1.165) is 0 Å². The van der Waals surface area contributed by atoms with Crippen LogP contribution in [0.3, 0.4) is 0 Å². The Bertz CT molecular complexity index is 352. The van der Waals surface area contributed by atoms with E-state index in [0.29, 0.717) is 45.3 Å². The predicted octanol–water partition coefficient (Wildman–Crippen LogP) is 1.30. The van der Waals surface area contributed by atoms with E-state index in [4.69, 9.17) is 6.42 Å². The summed E-state index contributed by atoms with van der Waals surface area (Å²) < 4.78 is 0. The molecule has 0 aromatic rings. The molecule has 0 unspecified atom stereocenters. The number of amides is 2. The van der Waals surface area contributed by atoms with Gasteiger partial charge in [-0.1, -0.05) is 6.92 Å². The molecule has 18 heavy (non-hydrogen) atoms. The number of likely N-dealkylation sites (tertiary alicyclic amines) is 1. The van der Waals surface area contributed by atoms with E-state index in [1.807, 2.05) is 6.92 Å². The van der Waals surface area contributed by atoms with Crippen LogP contribution in [0.5, 0.6) is 0 Å². The van der Waals surface area contributed by atoms with E-state index in [-0.39, 0.29) is 6.03 Å². The van der Waals surface area contributed by atoms with Gasteiger partial charge >= 0.3 is 12.0 Å². The van der Waals surface area contributed by atoms with E-state index >= 15 is 0 Å². The maximum absolute atomic E-state index is 11.7. The maximum Gasteiger partial charge on any atom is 0.317 e. The van der Waals surface area contributed by atoms with Gasteiger partial charge in [-0.3, -0.25) is 4.79 Å². The standard InChI is InChI=1S/C13H20N2O3/c1-3-5-8-14-12(18)15-9-6-13(4-2,7-10-15)11(16)17/h1H,4-10H2,2H3,(H,14,18)(H,16,17). The van der Waals surface area contributed by atoms with Gasteiger partial charge < -0.3 is 15.3 Å². The van der Waals surface area contributed by atoms with Crippen LogP contribution >= 0.6 is 0 Å². The first kappa shape index (κ1) is 14.4. The molecule has 1 aliphatic rings. The van der Waals surface area contributed by atoms with Crippen molar-refractivity contribution in [3.63, 3.8) is 0 Å². The summed E-state index contributed by atoms with van der Waals surface area (Å²) >= 11 is 0. The Hall–Kier alpha value is -1.70. The van der Waals surface area contributed by atoms with E-state index in [1.54, 1.807) is 4.90 Å². The van der Waals surface area contributed by atoms with Crippen molar-refractivity contribution in [2.45, 2.75) is 32.6 Å². The van der Waals surface area contributed by atoms with Crippen LogP contribution in [0.2, 0.25) is 0 Å². The number of carboxylic acid groups (broad SMARTS) is 1. The van der Waals surface area contributed by atoms with Crippen LogP contribution in [0.15, 0.2) is 0 Å². The first-order valence-corrected chi connectivity index (χ1v) is 6.25. The first-order valence-electron chi connectivity index (χ1n) is 6.25. The second kappa shape index (κ2) is 6.29. The molecule has 1 rings (SSSR count). The smallest absolute Gasteiger partial charge is 0.317 e. The quantitative estimate of drug-likeness (QED) is 0.585. The molecule has 1 aliphatic heterocycles. The lowest BCUT2D eigenvalue weighted by molar-refractivity contribution is -0.151. The number of carboxylic acids is 1. The Morgan fingerprint density at radius 3 is 2.50 bits per heavy atom. The third-order valence-corrected chi connectivity index (χ3v) is 3.68. The van der Waals surface area contributed by atoms with Crippen molar-refractivity contribution in [3.05, 3.63) is 0 Å². The summed E-state index contributed by atoms with van der Waals surface area (Å²) in [7, 11) is 0. The van der Waals surface area contributed by atoms with Crippen molar-refractivity contribution in [2.75, 3.05) is 19.6 Å². The minimum Gasteiger partial charge on any atom is -0.481 e. The summed E-state index contributed by atoms with van der Waals surface area (Å²) in [4.78, 5) is 24.7. The van der Waals surface area contributed by atoms with Gasteiger partial charge in [0.15, 0.2) is 0 Å². The summed E-state index contributed by atoms with van der Waals surface area (Å²) in [5.74, 6) is 1.70.